The largest absolute Gasteiger partial charge is 0.493 e. The van der Waals surface area contributed by atoms with Gasteiger partial charge in [0.1, 0.15) is 0 Å². The van der Waals surface area contributed by atoms with E-state index in [1.165, 1.54) is 34.3 Å². The lowest BCUT2D eigenvalue weighted by atomic mass is 10.0. The van der Waals surface area contributed by atoms with E-state index < -0.39 is 0 Å². The van der Waals surface area contributed by atoms with Crippen LogP contribution in [0.4, 0.5) is 0 Å². The fourth-order valence-corrected chi connectivity index (χ4v) is 3.27. The number of hydrogen-bond acceptors (Lipinski definition) is 6. The molecule has 2 rings (SSSR count). The second-order valence-corrected chi connectivity index (χ2v) is 6.76. The van der Waals surface area contributed by atoms with Crippen LogP contribution < -0.4 is 24.3 Å². The van der Waals surface area contributed by atoms with Crippen LogP contribution in [0.5, 0.6) is 23.0 Å². The highest BCUT2D eigenvalue weighted by molar-refractivity contribution is 6.32. The zero-order chi connectivity index (χ0) is 22.3. The maximum atomic E-state index is 12.6. The zero-order valence-corrected chi connectivity index (χ0v) is 18.5. The van der Waals surface area contributed by atoms with Gasteiger partial charge in [-0.15, -0.1) is 0 Å². The van der Waals surface area contributed by atoms with Crippen LogP contribution in [0.2, 0.25) is 5.02 Å². The standard InChI is InChI=1S/C22H26ClNO6/c1-6-30-21-17(23)9-15(11-20(21)29-5)22(26)24-8-7-14-10-18(27-3)19(28-4)12-16(14)13(2)25/h9-12H,6-8H2,1-5H3,(H,24,26). The Labute approximate surface area is 181 Å². The van der Waals surface area contributed by atoms with Gasteiger partial charge in [-0.25, -0.2) is 0 Å². The first-order valence-corrected chi connectivity index (χ1v) is 9.78. The van der Waals surface area contributed by atoms with E-state index in [1.54, 1.807) is 18.2 Å². The molecule has 0 heterocycles. The van der Waals surface area contributed by atoms with Gasteiger partial charge in [-0.05, 0) is 50.1 Å². The van der Waals surface area contributed by atoms with Gasteiger partial charge in [-0.3, -0.25) is 9.59 Å². The Hall–Kier alpha value is -2.93. The lowest BCUT2D eigenvalue weighted by Crippen LogP contribution is -2.26. The highest BCUT2D eigenvalue weighted by Gasteiger charge is 2.17. The fourth-order valence-electron chi connectivity index (χ4n) is 3.00. The van der Waals surface area contributed by atoms with Gasteiger partial charge in [0.15, 0.2) is 28.8 Å². The molecule has 0 radical (unpaired) electrons. The lowest BCUT2D eigenvalue weighted by Gasteiger charge is -2.15. The molecular weight excluding hydrogens is 410 g/mol. The third-order valence-electron chi connectivity index (χ3n) is 4.45. The van der Waals surface area contributed by atoms with E-state index in [1.807, 2.05) is 6.92 Å². The summed E-state index contributed by atoms with van der Waals surface area (Å²) in [6, 6.07) is 6.50. The average molecular weight is 436 g/mol. The zero-order valence-electron chi connectivity index (χ0n) is 17.8. The van der Waals surface area contributed by atoms with Crippen LogP contribution in [0.1, 0.15) is 40.1 Å². The maximum absolute atomic E-state index is 12.6. The van der Waals surface area contributed by atoms with Gasteiger partial charge in [0.2, 0.25) is 0 Å². The number of benzene rings is 2. The molecule has 2 aromatic rings. The Morgan fingerprint density at radius 3 is 2.17 bits per heavy atom. The van der Waals surface area contributed by atoms with Crippen molar-refractivity contribution in [1.29, 1.82) is 0 Å². The number of hydrogen-bond donors (Lipinski definition) is 1. The summed E-state index contributed by atoms with van der Waals surface area (Å²) in [5.41, 5.74) is 1.62. The minimum atomic E-state index is -0.317. The molecule has 0 aliphatic rings. The first-order valence-electron chi connectivity index (χ1n) is 9.40. The maximum Gasteiger partial charge on any atom is 0.251 e. The fraction of sp³-hybridized carbons (Fsp3) is 0.364. The molecule has 0 unspecified atom stereocenters. The number of ether oxygens (including phenoxy) is 4. The number of halogens is 1. The van der Waals surface area contributed by atoms with Crippen molar-refractivity contribution >= 4 is 23.3 Å². The molecule has 162 valence electrons. The van der Waals surface area contributed by atoms with Gasteiger partial charge in [0, 0.05) is 17.7 Å². The normalized spacial score (nSPS) is 10.3. The molecule has 2 aromatic carbocycles. The number of ketones is 1. The number of carbonyl (C=O) groups excluding carboxylic acids is 2. The van der Waals surface area contributed by atoms with Crippen LogP contribution in [0.3, 0.4) is 0 Å². The summed E-state index contributed by atoms with van der Waals surface area (Å²) >= 11 is 6.24. The van der Waals surface area contributed by atoms with E-state index in [9.17, 15) is 9.59 Å². The quantitative estimate of drug-likeness (QED) is 0.569. The minimum absolute atomic E-state index is 0.0969. The Morgan fingerprint density at radius 2 is 1.60 bits per heavy atom. The summed E-state index contributed by atoms with van der Waals surface area (Å²) in [6.45, 7) is 4.05. The SMILES string of the molecule is CCOc1c(Cl)cc(C(=O)NCCc2cc(OC)c(OC)cc2C(C)=O)cc1OC. The number of Topliss-reactive ketones (excluding diaryl/α,β-unsaturated/α-hetero) is 1. The average Bonchev–Trinajstić information content (AvgIpc) is 2.74. The Morgan fingerprint density at radius 1 is 0.967 bits per heavy atom. The van der Waals surface area contributed by atoms with Crippen molar-refractivity contribution in [1.82, 2.24) is 5.32 Å². The highest BCUT2D eigenvalue weighted by atomic mass is 35.5. The van der Waals surface area contributed by atoms with Gasteiger partial charge in [-0.1, -0.05) is 11.6 Å². The van der Waals surface area contributed by atoms with Crippen LogP contribution in [0, 0.1) is 0 Å². The molecule has 0 aliphatic carbocycles. The van der Waals surface area contributed by atoms with Crippen LogP contribution in [-0.4, -0.2) is 46.2 Å². The summed E-state index contributed by atoms with van der Waals surface area (Å²) < 4.78 is 21.3. The van der Waals surface area contributed by atoms with Gasteiger partial charge in [0.25, 0.3) is 5.91 Å². The third-order valence-corrected chi connectivity index (χ3v) is 4.73. The highest BCUT2D eigenvalue weighted by Crippen LogP contribution is 2.36. The van der Waals surface area contributed by atoms with Gasteiger partial charge < -0.3 is 24.3 Å². The Bertz CT molecular complexity index is 928. The molecule has 0 spiro atoms. The van der Waals surface area contributed by atoms with E-state index in [2.05, 4.69) is 5.32 Å². The van der Waals surface area contributed by atoms with E-state index in [-0.39, 0.29) is 11.7 Å². The molecule has 0 aliphatic heterocycles. The van der Waals surface area contributed by atoms with Gasteiger partial charge >= 0.3 is 0 Å². The van der Waals surface area contributed by atoms with Crippen molar-refractivity contribution < 1.29 is 28.5 Å². The van der Waals surface area contributed by atoms with Crippen molar-refractivity contribution in [3.8, 4) is 23.0 Å². The van der Waals surface area contributed by atoms with Crippen LogP contribution in [-0.2, 0) is 6.42 Å². The van der Waals surface area contributed by atoms with Crippen molar-refractivity contribution in [2.24, 2.45) is 0 Å². The molecule has 1 amide bonds. The number of rotatable bonds is 10. The third kappa shape index (κ3) is 5.36. The molecular formula is C22H26ClNO6. The van der Waals surface area contributed by atoms with E-state index in [0.29, 0.717) is 58.7 Å². The minimum Gasteiger partial charge on any atom is -0.493 e. The monoisotopic (exact) mass is 435 g/mol. The van der Waals surface area contributed by atoms with E-state index in [4.69, 9.17) is 30.5 Å². The van der Waals surface area contributed by atoms with Gasteiger partial charge in [0.05, 0.1) is 33.0 Å². The topological polar surface area (TPSA) is 83.1 Å². The summed E-state index contributed by atoms with van der Waals surface area (Å²) in [4.78, 5) is 24.6. The number of amides is 1. The first kappa shape index (κ1) is 23.3. The van der Waals surface area contributed by atoms with Crippen molar-refractivity contribution in [2.75, 3.05) is 34.5 Å². The molecule has 8 heteroatoms. The molecule has 0 saturated carbocycles. The van der Waals surface area contributed by atoms with E-state index in [0.717, 1.165) is 5.56 Å². The molecule has 0 atom stereocenters. The predicted octanol–water partition coefficient (Wildman–Crippen LogP) is 3.94. The Balaban J connectivity index is 2.16. The molecule has 0 saturated heterocycles. The molecule has 30 heavy (non-hydrogen) atoms. The van der Waals surface area contributed by atoms with Crippen LogP contribution in [0.25, 0.3) is 0 Å². The molecule has 1 N–H and O–H groups in total. The number of methoxy groups -OCH3 is 3. The molecule has 0 fully saturated rings. The number of carbonyl (C=O) groups is 2. The summed E-state index contributed by atoms with van der Waals surface area (Å²) in [5, 5.41) is 3.12. The summed E-state index contributed by atoms with van der Waals surface area (Å²) in [7, 11) is 4.52. The van der Waals surface area contributed by atoms with Crippen molar-refractivity contribution in [3.63, 3.8) is 0 Å². The van der Waals surface area contributed by atoms with Crippen LogP contribution >= 0.6 is 11.6 Å². The first-order chi connectivity index (χ1) is 14.4. The van der Waals surface area contributed by atoms with Crippen molar-refractivity contribution in [3.05, 3.63) is 46.0 Å². The smallest absolute Gasteiger partial charge is 0.251 e. The summed E-state index contributed by atoms with van der Waals surface area (Å²) in [6.07, 6.45) is 0.433. The number of nitrogens with one attached hydrogen (secondary N) is 1. The Kier molecular flexibility index (Phi) is 8.35. The van der Waals surface area contributed by atoms with Crippen molar-refractivity contribution in [2.45, 2.75) is 20.3 Å². The second-order valence-electron chi connectivity index (χ2n) is 6.35. The summed E-state index contributed by atoms with van der Waals surface area (Å²) in [5.74, 6) is 1.37. The predicted molar refractivity (Wildman–Crippen MR) is 115 cm³/mol. The van der Waals surface area contributed by atoms with Crippen LogP contribution in [0.15, 0.2) is 24.3 Å². The van der Waals surface area contributed by atoms with E-state index >= 15 is 0 Å². The lowest BCUT2D eigenvalue weighted by molar-refractivity contribution is 0.0953. The molecule has 7 nitrogen and oxygen atoms in total. The second kappa shape index (κ2) is 10.7. The molecule has 0 aromatic heterocycles. The van der Waals surface area contributed by atoms with Gasteiger partial charge in [-0.2, -0.15) is 0 Å². The molecule has 0 bridgehead atoms.